The lowest BCUT2D eigenvalue weighted by atomic mass is 9.67. The first-order valence-corrected chi connectivity index (χ1v) is 9.29. The number of hydrogen-bond acceptors (Lipinski definition) is 2. The molecule has 0 bridgehead atoms. The topological polar surface area (TPSA) is 20.3 Å². The zero-order valence-electron chi connectivity index (χ0n) is 15.6. The molecule has 0 aliphatic heterocycles. The predicted octanol–water partition coefficient (Wildman–Crippen LogP) is 5.05. The van der Waals surface area contributed by atoms with E-state index in [-0.39, 0.29) is 0 Å². The van der Waals surface area contributed by atoms with Gasteiger partial charge in [-0.25, -0.2) is 0 Å². The molecule has 0 saturated heterocycles. The highest BCUT2D eigenvalue weighted by Crippen LogP contribution is 2.39. The molecular weight excluding hydrogens is 294 g/mol. The maximum atomic E-state index is 12.4. The second kappa shape index (κ2) is 8.43. The van der Waals surface area contributed by atoms with Gasteiger partial charge in [-0.05, 0) is 48.3 Å². The summed E-state index contributed by atoms with van der Waals surface area (Å²) in [6.45, 7) is 11.8. The van der Waals surface area contributed by atoms with Crippen molar-refractivity contribution in [1.29, 1.82) is 0 Å². The van der Waals surface area contributed by atoms with Crippen molar-refractivity contribution in [3.63, 3.8) is 0 Å². The summed E-state index contributed by atoms with van der Waals surface area (Å²) in [5, 5.41) is 2.43. The van der Waals surface area contributed by atoms with Crippen molar-refractivity contribution >= 4 is 17.1 Å². The lowest BCUT2D eigenvalue weighted by Gasteiger charge is -2.37. The van der Waals surface area contributed by atoms with E-state index >= 15 is 0 Å². The van der Waals surface area contributed by atoms with Crippen molar-refractivity contribution in [2.24, 2.45) is 5.92 Å². The Labute approximate surface area is 146 Å². The molecule has 2 heteroatoms. The van der Waals surface area contributed by atoms with Crippen LogP contribution in [0.5, 0.6) is 0 Å². The summed E-state index contributed by atoms with van der Waals surface area (Å²) in [7, 11) is 0. The molecule has 2 unspecified atom stereocenters. The first-order valence-electron chi connectivity index (χ1n) is 9.29. The Morgan fingerprint density at radius 3 is 2.33 bits per heavy atom. The van der Waals surface area contributed by atoms with Crippen LogP contribution in [0, 0.1) is 5.92 Å². The summed E-state index contributed by atoms with van der Waals surface area (Å²) in [6, 6.07) is 14.8. The number of aldehydes is 1. The largest absolute Gasteiger partial charge is 0.304 e. The van der Waals surface area contributed by atoms with Gasteiger partial charge in [-0.15, -0.1) is 0 Å². The molecule has 2 aromatic rings. The van der Waals surface area contributed by atoms with Crippen LogP contribution in [0.2, 0.25) is 0 Å². The number of rotatable bonds is 9. The lowest BCUT2D eigenvalue weighted by molar-refractivity contribution is -0.114. The van der Waals surface area contributed by atoms with E-state index in [0.29, 0.717) is 5.92 Å². The van der Waals surface area contributed by atoms with E-state index in [9.17, 15) is 4.79 Å². The predicted molar refractivity (Wildman–Crippen MR) is 104 cm³/mol. The lowest BCUT2D eigenvalue weighted by Crippen LogP contribution is -2.39. The van der Waals surface area contributed by atoms with Crippen molar-refractivity contribution in [2.45, 2.75) is 46.0 Å². The van der Waals surface area contributed by atoms with Crippen molar-refractivity contribution in [1.82, 2.24) is 4.90 Å². The molecule has 0 N–H and O–H groups in total. The highest BCUT2D eigenvalue weighted by atomic mass is 16.1. The van der Waals surface area contributed by atoms with Gasteiger partial charge in [0, 0.05) is 0 Å². The molecule has 2 aromatic carbocycles. The Morgan fingerprint density at radius 2 is 1.71 bits per heavy atom. The molecule has 130 valence electrons. The highest BCUT2D eigenvalue weighted by molar-refractivity contribution is 5.90. The molecule has 0 aromatic heterocycles. The molecule has 0 aliphatic rings. The first kappa shape index (κ1) is 18.7. The van der Waals surface area contributed by atoms with Crippen molar-refractivity contribution in [2.75, 3.05) is 19.6 Å². The molecule has 0 aliphatic carbocycles. The van der Waals surface area contributed by atoms with Crippen LogP contribution in [0.4, 0.5) is 0 Å². The third kappa shape index (κ3) is 3.54. The minimum Gasteiger partial charge on any atom is -0.304 e. The SMILES string of the molecule is CCC(C)C(C=O)(CCN(CC)CC)c1cccc2ccccc12. The van der Waals surface area contributed by atoms with E-state index in [1.807, 2.05) is 0 Å². The van der Waals surface area contributed by atoms with Crippen molar-refractivity contribution in [3.8, 4) is 0 Å². The Hall–Kier alpha value is -1.67. The molecule has 2 rings (SSSR count). The summed E-state index contributed by atoms with van der Waals surface area (Å²) in [5.74, 6) is 0.316. The maximum absolute atomic E-state index is 12.4. The molecule has 0 saturated carbocycles. The second-order valence-corrected chi connectivity index (χ2v) is 6.77. The standard InChI is InChI=1S/C22H31NO/c1-5-18(4)22(17-24,15-16-23(6-2)7-3)21-14-10-12-19-11-8-9-13-20(19)21/h8-14,17-18H,5-7,15-16H2,1-4H3. The van der Waals surface area contributed by atoms with E-state index in [1.54, 1.807) is 0 Å². The number of carbonyl (C=O) groups is 1. The summed E-state index contributed by atoms with van der Waals surface area (Å²) >= 11 is 0. The van der Waals surface area contributed by atoms with Gasteiger partial charge in [0.2, 0.25) is 0 Å². The molecule has 0 radical (unpaired) electrons. The average molecular weight is 325 g/mol. The van der Waals surface area contributed by atoms with Crippen LogP contribution in [0.25, 0.3) is 10.8 Å². The van der Waals surface area contributed by atoms with Gasteiger partial charge in [0.1, 0.15) is 6.29 Å². The third-order valence-electron chi connectivity index (χ3n) is 5.73. The minimum absolute atomic E-state index is 0.316. The molecule has 2 nitrogen and oxygen atoms in total. The normalized spacial score (nSPS) is 15.4. The monoisotopic (exact) mass is 325 g/mol. The zero-order valence-corrected chi connectivity index (χ0v) is 15.6. The van der Waals surface area contributed by atoms with Crippen LogP contribution in [-0.2, 0) is 10.2 Å². The van der Waals surface area contributed by atoms with Gasteiger partial charge in [-0.3, -0.25) is 0 Å². The Kier molecular flexibility index (Phi) is 6.56. The smallest absolute Gasteiger partial charge is 0.130 e. The summed E-state index contributed by atoms with van der Waals surface area (Å²) in [4.78, 5) is 14.9. The number of nitrogens with zero attached hydrogens (tertiary/aromatic N) is 1. The minimum atomic E-state index is -0.418. The fraction of sp³-hybridized carbons (Fsp3) is 0.500. The zero-order chi connectivity index (χ0) is 17.6. The third-order valence-corrected chi connectivity index (χ3v) is 5.73. The molecular formula is C22H31NO. The first-order chi connectivity index (χ1) is 11.6. The summed E-state index contributed by atoms with van der Waals surface area (Å²) in [5.41, 5.74) is 0.773. The molecule has 24 heavy (non-hydrogen) atoms. The van der Waals surface area contributed by atoms with E-state index in [1.165, 1.54) is 22.6 Å². The number of hydrogen-bond donors (Lipinski definition) is 0. The van der Waals surface area contributed by atoms with Gasteiger partial charge in [-0.1, -0.05) is 76.6 Å². The van der Waals surface area contributed by atoms with Crippen LogP contribution < -0.4 is 0 Å². The summed E-state index contributed by atoms with van der Waals surface area (Å²) < 4.78 is 0. The number of carbonyl (C=O) groups excluding carboxylic acids is 1. The van der Waals surface area contributed by atoms with Gasteiger partial charge < -0.3 is 9.69 Å². The van der Waals surface area contributed by atoms with Gasteiger partial charge >= 0.3 is 0 Å². The van der Waals surface area contributed by atoms with Crippen LogP contribution in [0.1, 0.15) is 46.1 Å². The Balaban J connectivity index is 2.54. The van der Waals surface area contributed by atoms with Crippen LogP contribution in [0.15, 0.2) is 42.5 Å². The number of fused-ring (bicyclic) bond motifs is 1. The van der Waals surface area contributed by atoms with Gasteiger partial charge in [0.15, 0.2) is 0 Å². The van der Waals surface area contributed by atoms with Crippen LogP contribution >= 0.6 is 0 Å². The van der Waals surface area contributed by atoms with E-state index in [0.717, 1.165) is 32.5 Å². The fourth-order valence-corrected chi connectivity index (χ4v) is 3.76. The van der Waals surface area contributed by atoms with Crippen LogP contribution in [0.3, 0.4) is 0 Å². The Bertz CT molecular complexity index is 657. The van der Waals surface area contributed by atoms with Crippen LogP contribution in [-0.4, -0.2) is 30.8 Å². The average Bonchev–Trinajstić information content (AvgIpc) is 2.65. The van der Waals surface area contributed by atoms with E-state index < -0.39 is 5.41 Å². The molecule has 0 heterocycles. The molecule has 0 spiro atoms. The van der Waals surface area contributed by atoms with Gasteiger partial charge in [0.25, 0.3) is 0 Å². The second-order valence-electron chi connectivity index (χ2n) is 6.77. The van der Waals surface area contributed by atoms with Gasteiger partial charge in [-0.2, -0.15) is 0 Å². The Morgan fingerprint density at radius 1 is 1.04 bits per heavy atom. The maximum Gasteiger partial charge on any atom is 0.130 e. The number of benzene rings is 2. The van der Waals surface area contributed by atoms with E-state index in [2.05, 4.69) is 75.1 Å². The van der Waals surface area contributed by atoms with Crippen molar-refractivity contribution in [3.05, 3.63) is 48.0 Å². The van der Waals surface area contributed by atoms with E-state index in [4.69, 9.17) is 0 Å². The highest BCUT2D eigenvalue weighted by Gasteiger charge is 2.38. The quantitative estimate of drug-likeness (QED) is 0.601. The fourth-order valence-electron chi connectivity index (χ4n) is 3.76. The molecule has 0 fully saturated rings. The molecule has 2 atom stereocenters. The van der Waals surface area contributed by atoms with Crippen molar-refractivity contribution < 1.29 is 4.79 Å². The molecule has 0 amide bonds. The van der Waals surface area contributed by atoms with Gasteiger partial charge in [0.05, 0.1) is 5.41 Å². The summed E-state index contributed by atoms with van der Waals surface area (Å²) in [6.07, 6.45) is 3.11.